The van der Waals surface area contributed by atoms with Crippen molar-refractivity contribution in [3.8, 4) is 0 Å². The first-order chi connectivity index (χ1) is 52.4. The third kappa shape index (κ3) is 19.7. The smallest absolute Gasteiger partial charge is 0.326 e. The molecule has 0 saturated heterocycles. The lowest BCUT2D eigenvalue weighted by Gasteiger charge is -2.33. The summed E-state index contributed by atoms with van der Waals surface area (Å²) in [5.74, 6) is -3.06. The van der Waals surface area contributed by atoms with Crippen LogP contribution in [-0.4, -0.2) is 87.7 Å². The molecule has 16 nitrogen and oxygen atoms in total. The van der Waals surface area contributed by atoms with Gasteiger partial charge in [0.05, 0.1) is 45.6 Å². The zero-order valence-corrected chi connectivity index (χ0v) is 76.8. The number of rotatable bonds is 8. The first kappa shape index (κ1) is 90.5. The summed E-state index contributed by atoms with van der Waals surface area (Å²) in [5, 5.41) is 0. The van der Waals surface area contributed by atoms with Crippen LogP contribution in [0.5, 0.6) is 0 Å². The summed E-state index contributed by atoms with van der Waals surface area (Å²) < 4.78 is 33.6. The minimum absolute atomic E-state index is 0.145. The molecule has 0 spiro atoms. The van der Waals surface area contributed by atoms with Crippen LogP contribution >= 0.6 is 0 Å². The van der Waals surface area contributed by atoms with Gasteiger partial charge >= 0.3 is 23.9 Å². The molecule has 4 aliphatic carbocycles. The monoisotopic (exact) mass is 1580 g/mol. The van der Waals surface area contributed by atoms with Gasteiger partial charge in [0.15, 0.2) is 23.1 Å². The highest BCUT2D eigenvalue weighted by Crippen LogP contribution is 2.51. The number of carbonyl (C=O) groups excluding carboxylic acids is 8. The van der Waals surface area contributed by atoms with Crippen molar-refractivity contribution in [2.24, 2.45) is 43.3 Å². The molecular weight excluding hydrogens is 1450 g/mol. The molecule has 0 N–H and O–H groups in total. The number of nitrogens with zero attached hydrogens (tertiary/aromatic N) is 4. The van der Waals surface area contributed by atoms with E-state index < -0.39 is 116 Å². The third-order valence-corrected chi connectivity index (χ3v) is 20.8. The summed E-state index contributed by atoms with van der Waals surface area (Å²) >= 11 is 0. The lowest BCUT2D eigenvalue weighted by Crippen LogP contribution is -2.30. The first-order valence-electron chi connectivity index (χ1n) is 41.0. The highest BCUT2D eigenvalue weighted by molar-refractivity contribution is 6.16. The Balaban J connectivity index is 1.79. The van der Waals surface area contributed by atoms with E-state index >= 15 is 38.4 Å². The molecule has 624 valence electrons. The van der Waals surface area contributed by atoms with Gasteiger partial charge in [0.1, 0.15) is 48.6 Å². The number of allylic oxidation sites excluding steroid dienone is 20. The minimum atomic E-state index is -1.02. The van der Waals surface area contributed by atoms with E-state index in [2.05, 4.69) is 0 Å². The molecule has 4 aromatic heterocycles. The maximum Gasteiger partial charge on any atom is 0.326 e. The van der Waals surface area contributed by atoms with Gasteiger partial charge < -0.3 is 37.2 Å². The Morgan fingerprint density at radius 2 is 0.328 bits per heavy atom. The second-order valence-electron chi connectivity index (χ2n) is 44.2. The zero-order valence-electron chi connectivity index (χ0n) is 76.8. The lowest BCUT2D eigenvalue weighted by molar-refractivity contribution is -0.156. The van der Waals surface area contributed by atoms with Crippen LogP contribution in [0.4, 0.5) is 0 Å². The van der Waals surface area contributed by atoms with Crippen molar-refractivity contribution in [1.29, 1.82) is 0 Å². The van der Waals surface area contributed by atoms with Crippen LogP contribution < -0.4 is 0 Å². The van der Waals surface area contributed by atoms with Crippen molar-refractivity contribution in [3.63, 3.8) is 0 Å². The van der Waals surface area contributed by atoms with E-state index in [9.17, 15) is 0 Å². The summed E-state index contributed by atoms with van der Waals surface area (Å²) in [5.41, 5.74) is 1.28. The van der Waals surface area contributed by atoms with Gasteiger partial charge in [-0.25, -0.2) is 0 Å². The molecular formula is C100H132N4O12. The largest absolute Gasteiger partial charge is 0.459 e. The predicted molar refractivity (Wildman–Crippen MR) is 466 cm³/mol. The fraction of sp³-hybridized carbons (Fsp3) is 0.520. The van der Waals surface area contributed by atoms with E-state index in [1.807, 2.05) is 365 Å². The van der Waals surface area contributed by atoms with Gasteiger partial charge in [-0.3, -0.25) is 38.4 Å². The van der Waals surface area contributed by atoms with E-state index in [1.165, 1.54) is 0 Å². The molecule has 5 heterocycles. The van der Waals surface area contributed by atoms with Crippen LogP contribution in [0, 0.1) is 43.3 Å². The molecule has 0 saturated carbocycles. The second-order valence-corrected chi connectivity index (χ2v) is 44.2. The molecule has 5 aliphatic rings. The van der Waals surface area contributed by atoms with E-state index in [0.717, 1.165) is 0 Å². The fourth-order valence-electron chi connectivity index (χ4n) is 15.6. The maximum absolute atomic E-state index is 15.8. The molecule has 0 aromatic carbocycles. The summed E-state index contributed by atoms with van der Waals surface area (Å²) in [4.78, 5) is 126. The maximum atomic E-state index is 15.8. The molecule has 0 fully saturated rings. The Morgan fingerprint density at radius 1 is 0.216 bits per heavy atom. The highest BCUT2D eigenvalue weighted by atomic mass is 16.6. The van der Waals surface area contributed by atoms with Gasteiger partial charge in [-0.1, -0.05) is 166 Å². The fourth-order valence-corrected chi connectivity index (χ4v) is 15.6. The van der Waals surface area contributed by atoms with Gasteiger partial charge in [-0.15, -0.1) is 0 Å². The number of ether oxygens (including phenoxy) is 4. The van der Waals surface area contributed by atoms with Crippen LogP contribution in [0.25, 0.3) is 22.3 Å². The number of hydrogen-bond donors (Lipinski definition) is 0. The number of aromatic nitrogens is 4. The highest BCUT2D eigenvalue weighted by Gasteiger charge is 2.44. The van der Waals surface area contributed by atoms with Gasteiger partial charge in [0.2, 0.25) is 0 Å². The summed E-state index contributed by atoms with van der Waals surface area (Å²) in [6.07, 6.45) is 15.4. The molecule has 9 rings (SSSR count). The number of fused-ring (bicyclic) bond motifs is 8. The van der Waals surface area contributed by atoms with Crippen LogP contribution in [0.15, 0.2) is 164 Å². The summed E-state index contributed by atoms with van der Waals surface area (Å²) in [6, 6.07) is 15.6. The second kappa shape index (κ2) is 30.5. The van der Waals surface area contributed by atoms with E-state index in [4.69, 9.17) is 18.9 Å². The molecule has 4 aromatic rings. The topological polar surface area (TPSA) is 193 Å². The van der Waals surface area contributed by atoms with Crippen molar-refractivity contribution < 1.29 is 57.3 Å². The Labute approximate surface area is 691 Å². The molecule has 16 heteroatoms. The van der Waals surface area contributed by atoms with Crippen molar-refractivity contribution >= 4 is 69.3 Å². The van der Waals surface area contributed by atoms with Crippen molar-refractivity contribution in [2.45, 2.75) is 298 Å². The predicted octanol–water partition coefficient (Wildman–Crippen LogP) is 21.9. The Bertz CT molecular complexity index is 4320. The van der Waals surface area contributed by atoms with E-state index in [1.54, 1.807) is 0 Å². The minimum Gasteiger partial charge on any atom is -0.459 e. The van der Waals surface area contributed by atoms with Crippen molar-refractivity contribution in [2.75, 3.05) is 0 Å². The van der Waals surface area contributed by atoms with Crippen LogP contribution in [-0.2, 0) is 83.5 Å². The quantitative estimate of drug-likeness (QED) is 0.106. The van der Waals surface area contributed by atoms with Crippen LogP contribution in [0.2, 0.25) is 0 Å². The number of carbonyl (C=O) groups is 8. The van der Waals surface area contributed by atoms with Crippen LogP contribution in [0.3, 0.4) is 0 Å². The summed E-state index contributed by atoms with van der Waals surface area (Å²) in [6.45, 7) is 68.0. The molecule has 0 atom stereocenters. The number of esters is 4. The van der Waals surface area contributed by atoms with E-state index in [-0.39, 0.29) is 23.1 Å². The van der Waals surface area contributed by atoms with Crippen molar-refractivity contribution in [3.05, 3.63) is 210 Å². The van der Waals surface area contributed by atoms with Gasteiger partial charge in [0, 0.05) is 66.9 Å². The molecule has 0 amide bonds. The van der Waals surface area contributed by atoms with Crippen molar-refractivity contribution in [1.82, 2.24) is 18.3 Å². The molecule has 0 radical (unpaired) electrons. The molecule has 0 unspecified atom stereocenters. The SMILES string of the molecule is CC(C)(C)OC(=O)Cn1c2ccc1C(=C1C=C(C(C)(C)C)C(=O)C(C(C)(C)C)=C1)c1ccc(n1CC(=O)OC(C)(C)C)C(=C1C=C(C(C)(C)C)C(=O)C(C(C)(C)C)=C1)c1ccc(n1CC(=O)OC(C)(C)C)C(=C1C=C(C(C)(C)C)C(=O)C(C(C)(C)C)=C1)c1ccc(n1CC(=O)OC(C)(C)C)C2=C1C=C(C(C)(C)C)C(=O)C(C(C)(C)C)=C1. The number of hydrogen-bond acceptors (Lipinski definition) is 12. The van der Waals surface area contributed by atoms with Gasteiger partial charge in [-0.2, -0.15) is 0 Å². The average Bonchev–Trinajstić information content (AvgIpc) is 1.55. The average molecular weight is 1580 g/mol. The molecule has 1 aliphatic heterocycles. The van der Waals surface area contributed by atoms with Gasteiger partial charge in [0.25, 0.3) is 0 Å². The van der Waals surface area contributed by atoms with E-state index in [0.29, 0.717) is 135 Å². The Morgan fingerprint density at radius 3 is 0.422 bits per heavy atom. The summed E-state index contributed by atoms with van der Waals surface area (Å²) in [7, 11) is 0. The number of ketones is 4. The zero-order chi connectivity index (χ0) is 87.8. The molecule has 116 heavy (non-hydrogen) atoms. The lowest BCUT2D eigenvalue weighted by atomic mass is 9.71. The third-order valence-electron chi connectivity index (χ3n) is 20.8. The Hall–Kier alpha value is -9.44. The normalized spacial score (nSPS) is 17.1. The van der Waals surface area contributed by atoms with Crippen LogP contribution in [0.1, 0.15) is 295 Å². The molecule has 8 bridgehead atoms. The number of Topliss-reactive ketones (excluding diaryl/α,β-unsaturated/α-hetero) is 4. The Kier molecular flexibility index (Phi) is 23.8. The first-order valence-corrected chi connectivity index (χ1v) is 41.0. The standard InChI is InChI=1S/C100H132N4O12/c1-89(2,3)61-45-57(46-62(85(61)109)90(4,5)6)81-69-37-39-71(101(69)53-77(105)113-97(25,26)27)82(58-47-63(91(7,8)9)86(110)64(48-58)92(10,11)12)73-41-43-75(103(73)55-79(107)115-99(31,32)33)84(60-51-67(95(19,20)21)88(112)68(52-60)96(22,23)24)76-44-42-74(104(76)56-80(108)116-100(34,35)36)83(72-40-38-70(81)102(72)54-78(106)114-98(28,29)30)59-49-65(93(13,14)15)87(111)66(50-59)94(16,17)18/h37-52H,53-56H2,1-36H3. The van der Waals surface area contributed by atoms with Gasteiger partial charge in [-0.05, 0) is 246 Å².